The lowest BCUT2D eigenvalue weighted by Gasteiger charge is -2.23. The molecule has 2 aliphatic rings. The number of carbonyl (C=O) groups excluding carboxylic acids is 1. The molecule has 0 radical (unpaired) electrons. The van der Waals surface area contributed by atoms with E-state index in [4.69, 9.17) is 0 Å². The number of carbonyl (C=O) groups is 1. The highest BCUT2D eigenvalue weighted by Gasteiger charge is 2.57. The number of ketones is 1. The summed E-state index contributed by atoms with van der Waals surface area (Å²) in [5.74, 6) is 0.671. The van der Waals surface area contributed by atoms with Crippen LogP contribution in [0.2, 0.25) is 0 Å². The van der Waals surface area contributed by atoms with Crippen molar-refractivity contribution in [2.24, 2.45) is 11.3 Å². The topological polar surface area (TPSA) is 29.1 Å². The van der Waals surface area contributed by atoms with E-state index >= 15 is 0 Å². The van der Waals surface area contributed by atoms with Crippen LogP contribution in [-0.2, 0) is 0 Å². The highest BCUT2D eigenvalue weighted by atomic mass is 16.1. The van der Waals surface area contributed by atoms with Crippen LogP contribution in [0.1, 0.15) is 40.7 Å². The molecule has 96 valence electrons. The van der Waals surface area contributed by atoms with Gasteiger partial charge in [-0.2, -0.15) is 0 Å². The Bertz CT molecular complexity index is 466. The first-order valence-corrected chi connectivity index (χ1v) is 6.94. The van der Waals surface area contributed by atoms with Crippen molar-refractivity contribution in [3.8, 4) is 0 Å². The van der Waals surface area contributed by atoms with Gasteiger partial charge in [-0.15, -0.1) is 0 Å². The maximum Gasteiger partial charge on any atom is 0.166 e. The van der Waals surface area contributed by atoms with Crippen molar-refractivity contribution in [3.05, 3.63) is 34.9 Å². The molecule has 3 rings (SSSR count). The SMILES string of the molecule is Cc1cc(C)cc(C(=O)C2CC23CCNCC3)c1. The molecule has 2 heteroatoms. The quantitative estimate of drug-likeness (QED) is 0.809. The molecule has 1 aromatic rings. The van der Waals surface area contributed by atoms with E-state index in [1.54, 1.807) is 0 Å². The highest BCUT2D eigenvalue weighted by Crippen LogP contribution is 2.59. The van der Waals surface area contributed by atoms with Crippen molar-refractivity contribution in [1.82, 2.24) is 5.32 Å². The van der Waals surface area contributed by atoms with Crippen molar-refractivity contribution in [1.29, 1.82) is 0 Å². The van der Waals surface area contributed by atoms with Gasteiger partial charge < -0.3 is 5.32 Å². The molecule has 1 saturated heterocycles. The Labute approximate surface area is 109 Å². The van der Waals surface area contributed by atoms with Crippen LogP contribution in [0, 0.1) is 25.2 Å². The third-order valence-corrected chi connectivity index (χ3v) is 4.61. The van der Waals surface area contributed by atoms with E-state index in [0.717, 1.165) is 25.1 Å². The van der Waals surface area contributed by atoms with Crippen LogP contribution < -0.4 is 5.32 Å². The van der Waals surface area contributed by atoms with Crippen molar-refractivity contribution >= 4 is 5.78 Å². The minimum absolute atomic E-state index is 0.292. The monoisotopic (exact) mass is 243 g/mol. The number of nitrogens with one attached hydrogen (secondary N) is 1. The van der Waals surface area contributed by atoms with Gasteiger partial charge in [0.2, 0.25) is 0 Å². The van der Waals surface area contributed by atoms with Gasteiger partial charge in [0.1, 0.15) is 0 Å². The Kier molecular flexibility index (Phi) is 2.78. The molecule has 2 fully saturated rings. The van der Waals surface area contributed by atoms with E-state index in [-0.39, 0.29) is 0 Å². The lowest BCUT2D eigenvalue weighted by molar-refractivity contribution is 0.0940. The van der Waals surface area contributed by atoms with Gasteiger partial charge in [0, 0.05) is 11.5 Å². The summed E-state index contributed by atoms with van der Waals surface area (Å²) in [7, 11) is 0. The van der Waals surface area contributed by atoms with Crippen LogP contribution in [-0.4, -0.2) is 18.9 Å². The summed E-state index contributed by atoms with van der Waals surface area (Å²) in [5.41, 5.74) is 3.66. The van der Waals surface area contributed by atoms with Crippen LogP contribution in [0.5, 0.6) is 0 Å². The van der Waals surface area contributed by atoms with E-state index in [1.165, 1.54) is 24.0 Å². The summed E-state index contributed by atoms with van der Waals surface area (Å²) in [4.78, 5) is 12.6. The average Bonchev–Trinajstić information content (AvgIpc) is 3.01. The van der Waals surface area contributed by atoms with E-state index in [1.807, 2.05) is 12.1 Å². The molecular formula is C16H21NO. The van der Waals surface area contributed by atoms with Crippen LogP contribution in [0.25, 0.3) is 0 Å². The number of rotatable bonds is 2. The van der Waals surface area contributed by atoms with E-state index in [2.05, 4.69) is 25.2 Å². The maximum absolute atomic E-state index is 12.6. The first kappa shape index (κ1) is 11.9. The number of aryl methyl sites for hydroxylation is 2. The van der Waals surface area contributed by atoms with Crippen molar-refractivity contribution in [2.45, 2.75) is 33.1 Å². The fourth-order valence-electron chi connectivity index (χ4n) is 3.51. The largest absolute Gasteiger partial charge is 0.317 e. The molecule has 18 heavy (non-hydrogen) atoms. The molecule has 1 aromatic carbocycles. The summed E-state index contributed by atoms with van der Waals surface area (Å²) in [5, 5.41) is 3.39. The number of hydrogen-bond acceptors (Lipinski definition) is 2. The molecule has 1 spiro atoms. The maximum atomic E-state index is 12.6. The summed E-state index contributed by atoms with van der Waals surface area (Å²) in [6, 6.07) is 6.22. The zero-order chi connectivity index (χ0) is 12.8. The minimum atomic E-state index is 0.292. The fraction of sp³-hybridized carbons (Fsp3) is 0.562. The summed E-state index contributed by atoms with van der Waals surface area (Å²) in [6.45, 7) is 6.29. The van der Waals surface area contributed by atoms with Crippen LogP contribution in [0.4, 0.5) is 0 Å². The minimum Gasteiger partial charge on any atom is -0.317 e. The molecule has 1 N–H and O–H groups in total. The van der Waals surface area contributed by atoms with Gasteiger partial charge in [0.05, 0.1) is 0 Å². The molecule has 1 heterocycles. The van der Waals surface area contributed by atoms with Gasteiger partial charge in [-0.3, -0.25) is 4.79 Å². The van der Waals surface area contributed by atoms with Gasteiger partial charge in [0.15, 0.2) is 5.78 Å². The normalized spacial score (nSPS) is 25.1. The van der Waals surface area contributed by atoms with E-state index in [9.17, 15) is 4.79 Å². The Balaban J connectivity index is 1.80. The predicted molar refractivity (Wildman–Crippen MR) is 72.9 cm³/mol. The molecule has 1 aliphatic carbocycles. The van der Waals surface area contributed by atoms with Crippen LogP contribution >= 0.6 is 0 Å². The zero-order valence-electron chi connectivity index (χ0n) is 11.3. The molecule has 0 amide bonds. The first-order valence-electron chi connectivity index (χ1n) is 6.94. The Morgan fingerprint density at radius 3 is 2.39 bits per heavy atom. The lowest BCUT2D eigenvalue weighted by atomic mass is 9.89. The number of Topliss-reactive ketones (excluding diaryl/α,β-unsaturated/α-hetero) is 1. The predicted octanol–water partition coefficient (Wildman–Crippen LogP) is 2.88. The Hall–Kier alpha value is -1.15. The molecule has 2 nitrogen and oxygen atoms in total. The first-order chi connectivity index (χ1) is 8.61. The molecule has 0 aromatic heterocycles. The van der Waals surface area contributed by atoms with Crippen molar-refractivity contribution < 1.29 is 4.79 Å². The second kappa shape index (κ2) is 4.20. The molecule has 1 atom stereocenters. The molecule has 0 bridgehead atoms. The molecular weight excluding hydrogens is 222 g/mol. The lowest BCUT2D eigenvalue weighted by Crippen LogP contribution is -2.30. The second-order valence-electron chi connectivity index (χ2n) is 6.11. The van der Waals surface area contributed by atoms with Gasteiger partial charge in [-0.05, 0) is 63.7 Å². The summed E-state index contributed by atoms with van der Waals surface area (Å²) < 4.78 is 0. The van der Waals surface area contributed by atoms with Crippen LogP contribution in [0.3, 0.4) is 0 Å². The summed E-state index contributed by atoms with van der Waals surface area (Å²) >= 11 is 0. The fourth-order valence-corrected chi connectivity index (χ4v) is 3.51. The summed E-state index contributed by atoms with van der Waals surface area (Å²) in [6.07, 6.45) is 3.46. The second-order valence-corrected chi connectivity index (χ2v) is 6.11. The Morgan fingerprint density at radius 1 is 1.17 bits per heavy atom. The van der Waals surface area contributed by atoms with Gasteiger partial charge >= 0.3 is 0 Å². The Morgan fingerprint density at radius 2 is 1.78 bits per heavy atom. The number of hydrogen-bond donors (Lipinski definition) is 1. The van der Waals surface area contributed by atoms with Crippen molar-refractivity contribution in [2.75, 3.05) is 13.1 Å². The number of benzene rings is 1. The van der Waals surface area contributed by atoms with Gasteiger partial charge in [0.25, 0.3) is 0 Å². The highest BCUT2D eigenvalue weighted by molar-refractivity contribution is 6.00. The van der Waals surface area contributed by atoms with Gasteiger partial charge in [-0.25, -0.2) is 0 Å². The third-order valence-electron chi connectivity index (χ3n) is 4.61. The molecule has 1 saturated carbocycles. The smallest absolute Gasteiger partial charge is 0.166 e. The zero-order valence-corrected chi connectivity index (χ0v) is 11.3. The van der Waals surface area contributed by atoms with E-state index < -0.39 is 0 Å². The van der Waals surface area contributed by atoms with Crippen LogP contribution in [0.15, 0.2) is 18.2 Å². The molecule has 1 unspecified atom stereocenters. The number of piperidine rings is 1. The van der Waals surface area contributed by atoms with E-state index in [0.29, 0.717) is 17.1 Å². The third kappa shape index (κ3) is 1.99. The average molecular weight is 243 g/mol. The van der Waals surface area contributed by atoms with Gasteiger partial charge in [-0.1, -0.05) is 17.2 Å². The standard InChI is InChI=1S/C16H21NO/c1-11-7-12(2)9-13(8-11)15(18)14-10-16(14)3-5-17-6-4-16/h7-9,14,17H,3-6,10H2,1-2H3. The molecule has 1 aliphatic heterocycles. The van der Waals surface area contributed by atoms with Crippen molar-refractivity contribution in [3.63, 3.8) is 0 Å².